The van der Waals surface area contributed by atoms with Crippen molar-refractivity contribution in [2.45, 2.75) is 24.0 Å². The minimum absolute atomic E-state index is 0.0637. The minimum atomic E-state index is -0.751. The third-order valence-electron chi connectivity index (χ3n) is 7.14. The molecule has 236 valence electrons. The zero-order chi connectivity index (χ0) is 33.3. The molecule has 0 aliphatic heterocycles. The average Bonchev–Trinajstić information content (AvgIpc) is 3.06. The summed E-state index contributed by atoms with van der Waals surface area (Å²) in [6.45, 7) is 3.97. The van der Waals surface area contributed by atoms with Crippen LogP contribution in [0.15, 0.2) is 136 Å². The summed E-state index contributed by atoms with van der Waals surface area (Å²) in [6, 6.07) is 35.2. The molecular formula is C38H31BrFN3O3S. The molecule has 1 atom stereocenters. The second-order valence-corrected chi connectivity index (χ2v) is 12.8. The second-order valence-electron chi connectivity index (χ2n) is 10.7. The summed E-state index contributed by atoms with van der Waals surface area (Å²) < 4.78 is 15.2. The Labute approximate surface area is 285 Å². The van der Waals surface area contributed by atoms with Crippen LogP contribution in [0.5, 0.6) is 0 Å². The highest BCUT2D eigenvalue weighted by molar-refractivity contribution is 9.10. The quantitative estimate of drug-likeness (QED) is 0.0999. The van der Waals surface area contributed by atoms with E-state index in [0.29, 0.717) is 11.3 Å². The van der Waals surface area contributed by atoms with Gasteiger partial charge < -0.3 is 16.0 Å². The fraction of sp³-hybridized carbons (Fsp3) is 0.0789. The molecule has 0 bridgehead atoms. The van der Waals surface area contributed by atoms with Gasteiger partial charge in [0.2, 0.25) is 5.91 Å². The number of halogens is 2. The summed E-state index contributed by atoms with van der Waals surface area (Å²) in [6.07, 6.45) is 1.52. The van der Waals surface area contributed by atoms with Crippen LogP contribution >= 0.6 is 27.7 Å². The number of aryl methyl sites for hydroxylation is 2. The summed E-state index contributed by atoms with van der Waals surface area (Å²) in [5, 5.41) is 7.91. The molecule has 0 radical (unpaired) electrons. The number of hydrogen-bond acceptors (Lipinski definition) is 4. The first kappa shape index (κ1) is 33.4. The summed E-state index contributed by atoms with van der Waals surface area (Å²) in [4.78, 5) is 40.7. The molecule has 0 aliphatic carbocycles. The molecule has 0 unspecified atom stereocenters. The van der Waals surface area contributed by atoms with Crippen molar-refractivity contribution in [3.05, 3.63) is 165 Å². The Morgan fingerprint density at radius 3 is 2.15 bits per heavy atom. The van der Waals surface area contributed by atoms with Crippen LogP contribution in [0.3, 0.4) is 0 Å². The van der Waals surface area contributed by atoms with Crippen molar-refractivity contribution in [2.24, 2.45) is 0 Å². The monoisotopic (exact) mass is 707 g/mol. The zero-order valence-electron chi connectivity index (χ0n) is 25.6. The number of carbonyl (C=O) groups is 3. The van der Waals surface area contributed by atoms with Crippen LogP contribution in [0.2, 0.25) is 0 Å². The molecule has 0 saturated heterocycles. The van der Waals surface area contributed by atoms with Crippen LogP contribution < -0.4 is 16.0 Å². The number of carbonyl (C=O) groups excluding carboxylic acids is 3. The van der Waals surface area contributed by atoms with Crippen molar-refractivity contribution < 1.29 is 18.8 Å². The molecule has 0 aliphatic rings. The van der Waals surface area contributed by atoms with Crippen LogP contribution in [0.25, 0.3) is 6.08 Å². The van der Waals surface area contributed by atoms with Crippen molar-refractivity contribution in [3.63, 3.8) is 0 Å². The third kappa shape index (κ3) is 9.06. The van der Waals surface area contributed by atoms with Crippen LogP contribution in [0.1, 0.15) is 37.9 Å². The van der Waals surface area contributed by atoms with E-state index in [2.05, 4.69) is 31.9 Å². The van der Waals surface area contributed by atoms with E-state index in [9.17, 15) is 18.8 Å². The van der Waals surface area contributed by atoms with E-state index >= 15 is 0 Å². The van der Waals surface area contributed by atoms with Crippen molar-refractivity contribution in [3.8, 4) is 0 Å². The van der Waals surface area contributed by atoms with Gasteiger partial charge in [-0.05, 0) is 91.2 Å². The van der Waals surface area contributed by atoms with E-state index < -0.39 is 22.9 Å². The van der Waals surface area contributed by atoms with Gasteiger partial charge >= 0.3 is 0 Å². The predicted octanol–water partition coefficient (Wildman–Crippen LogP) is 9.09. The Kier molecular flexibility index (Phi) is 11.0. The van der Waals surface area contributed by atoms with Crippen LogP contribution in [-0.2, 0) is 9.59 Å². The van der Waals surface area contributed by atoms with Gasteiger partial charge in [0.25, 0.3) is 11.8 Å². The number of thioether (sulfide) groups is 1. The van der Waals surface area contributed by atoms with Crippen molar-refractivity contribution >= 4 is 62.9 Å². The van der Waals surface area contributed by atoms with Gasteiger partial charge in [0, 0.05) is 20.7 Å². The van der Waals surface area contributed by atoms with Gasteiger partial charge in [-0.3, -0.25) is 14.4 Å². The Bertz CT molecular complexity index is 1930. The number of anilines is 2. The van der Waals surface area contributed by atoms with Crippen LogP contribution in [0.4, 0.5) is 15.8 Å². The molecule has 3 N–H and O–H groups in total. The topological polar surface area (TPSA) is 87.3 Å². The standard InChI is InChI=1S/C38H31BrFN3O3S/c1-24-12-21-33(25(2)22-24)42-38(46)35(27-8-4-3-5-9-27)47-30-19-17-29(18-20-30)41-37(45)34(23-26-13-15-28(39)16-14-26)43-36(44)31-10-6-7-11-32(31)40/h3-23,35H,1-2H3,(H,41,45)(H,42,46)(H,43,44)/b34-23+/t35-/m0/s1. The minimum Gasteiger partial charge on any atom is -0.325 e. The van der Waals surface area contributed by atoms with E-state index in [-0.39, 0.29) is 17.2 Å². The van der Waals surface area contributed by atoms with E-state index in [0.717, 1.165) is 31.7 Å². The van der Waals surface area contributed by atoms with Crippen molar-refractivity contribution in [2.75, 3.05) is 10.6 Å². The van der Waals surface area contributed by atoms with Crippen LogP contribution in [0, 0.1) is 19.7 Å². The molecule has 5 aromatic carbocycles. The Balaban J connectivity index is 1.34. The lowest BCUT2D eigenvalue weighted by Gasteiger charge is -2.18. The number of amides is 3. The summed E-state index contributed by atoms with van der Waals surface area (Å²) >= 11 is 4.78. The van der Waals surface area contributed by atoms with Gasteiger partial charge in [-0.2, -0.15) is 0 Å². The molecule has 9 heteroatoms. The number of hydrogen-bond donors (Lipinski definition) is 3. The smallest absolute Gasteiger partial charge is 0.272 e. The maximum atomic E-state index is 14.3. The molecule has 6 nitrogen and oxygen atoms in total. The van der Waals surface area contributed by atoms with Gasteiger partial charge in [-0.15, -0.1) is 11.8 Å². The van der Waals surface area contributed by atoms with Gasteiger partial charge in [0.05, 0.1) is 5.56 Å². The molecule has 0 heterocycles. The third-order valence-corrected chi connectivity index (χ3v) is 8.93. The highest BCUT2D eigenvalue weighted by Crippen LogP contribution is 2.37. The molecule has 0 aromatic heterocycles. The maximum absolute atomic E-state index is 14.3. The van der Waals surface area contributed by atoms with Crippen molar-refractivity contribution in [1.29, 1.82) is 0 Å². The summed E-state index contributed by atoms with van der Waals surface area (Å²) in [5.41, 5.74) is 4.59. The number of rotatable bonds is 10. The highest BCUT2D eigenvalue weighted by atomic mass is 79.9. The molecular weight excluding hydrogens is 677 g/mol. The zero-order valence-corrected chi connectivity index (χ0v) is 28.0. The van der Waals surface area contributed by atoms with Crippen molar-refractivity contribution in [1.82, 2.24) is 5.32 Å². The first-order valence-electron chi connectivity index (χ1n) is 14.7. The fourth-order valence-corrected chi connectivity index (χ4v) is 6.01. The molecule has 0 saturated carbocycles. The largest absolute Gasteiger partial charge is 0.325 e. The Hall–Kier alpha value is -4.99. The van der Waals surface area contributed by atoms with Gasteiger partial charge in [0.15, 0.2) is 0 Å². The van der Waals surface area contributed by atoms with Gasteiger partial charge in [-0.1, -0.05) is 88.2 Å². The van der Waals surface area contributed by atoms with E-state index in [4.69, 9.17) is 0 Å². The molecule has 47 heavy (non-hydrogen) atoms. The lowest BCUT2D eigenvalue weighted by atomic mass is 10.1. The summed E-state index contributed by atoms with van der Waals surface area (Å²) in [5.74, 6) is -2.19. The number of benzene rings is 5. The summed E-state index contributed by atoms with van der Waals surface area (Å²) in [7, 11) is 0. The molecule has 0 fully saturated rings. The normalized spacial score (nSPS) is 11.8. The molecule has 3 amide bonds. The lowest BCUT2D eigenvalue weighted by Crippen LogP contribution is -2.31. The van der Waals surface area contributed by atoms with E-state index in [1.54, 1.807) is 42.5 Å². The first-order chi connectivity index (χ1) is 22.7. The number of nitrogens with one attached hydrogen (secondary N) is 3. The maximum Gasteiger partial charge on any atom is 0.272 e. The molecule has 5 rings (SSSR count). The molecule has 5 aromatic rings. The Morgan fingerprint density at radius 1 is 0.787 bits per heavy atom. The first-order valence-corrected chi connectivity index (χ1v) is 16.4. The SMILES string of the molecule is Cc1ccc(NC(=O)[C@@H](Sc2ccc(NC(=O)/C(=C\c3ccc(Br)cc3)NC(=O)c3ccccc3F)cc2)c2ccccc2)c(C)c1. The highest BCUT2D eigenvalue weighted by Gasteiger charge is 2.23. The van der Waals surface area contributed by atoms with Gasteiger partial charge in [0.1, 0.15) is 16.8 Å². The second kappa shape index (κ2) is 15.5. The van der Waals surface area contributed by atoms with Crippen LogP contribution in [-0.4, -0.2) is 17.7 Å². The predicted molar refractivity (Wildman–Crippen MR) is 191 cm³/mol. The average molecular weight is 709 g/mol. The van der Waals surface area contributed by atoms with Gasteiger partial charge in [-0.25, -0.2) is 4.39 Å². The van der Waals surface area contributed by atoms with E-state index in [1.807, 2.05) is 74.5 Å². The lowest BCUT2D eigenvalue weighted by molar-refractivity contribution is -0.116. The Morgan fingerprint density at radius 2 is 1.47 bits per heavy atom. The molecule has 0 spiro atoms. The fourth-order valence-electron chi connectivity index (χ4n) is 4.72. The van der Waals surface area contributed by atoms with E-state index in [1.165, 1.54) is 36.0 Å².